The Bertz CT molecular complexity index is 842. The Kier molecular flexibility index (Phi) is 7.30. The van der Waals surface area contributed by atoms with Gasteiger partial charge in [0, 0.05) is 76.7 Å². The van der Waals surface area contributed by atoms with Crippen LogP contribution in [0.25, 0.3) is 0 Å². The summed E-state index contributed by atoms with van der Waals surface area (Å²) in [5, 5.41) is 2.89. The first-order valence-corrected chi connectivity index (χ1v) is 11.2. The molecule has 2 amide bonds. The van der Waals surface area contributed by atoms with Crippen molar-refractivity contribution in [3.63, 3.8) is 0 Å². The maximum atomic E-state index is 12.6. The molecule has 1 aromatic carbocycles. The van der Waals surface area contributed by atoms with E-state index < -0.39 is 16.2 Å². The average Bonchev–Trinajstić information content (AvgIpc) is 3.33. The minimum atomic E-state index is -3.87. The van der Waals surface area contributed by atoms with Crippen LogP contribution in [0, 0.1) is 0 Å². The van der Waals surface area contributed by atoms with Crippen LogP contribution in [0.4, 0.5) is 10.5 Å². The van der Waals surface area contributed by atoms with Gasteiger partial charge in [0.15, 0.2) is 0 Å². The van der Waals surface area contributed by atoms with Crippen molar-refractivity contribution in [3.05, 3.63) is 28.3 Å². The van der Waals surface area contributed by atoms with Gasteiger partial charge < -0.3 is 10.2 Å². The number of nitrogens with zero attached hydrogens (tertiary/aromatic N) is 2. The van der Waals surface area contributed by atoms with Gasteiger partial charge in [0.2, 0.25) is 0 Å². The van der Waals surface area contributed by atoms with Crippen LogP contribution in [-0.4, -0.2) is 108 Å². The standard InChI is InChI=1S/C19H28N4O3S.K/c1-22-10-9-15(12-22)23(2)27(25,26)21-19(24)20-18-16-7-3-5-13(16)11-14-6-4-8-17(14)18;/h11,15H,3-10,12H2,1-2H3,(H2,20,21,24);. The molecule has 3 aliphatic rings. The molecule has 149 valence electrons. The summed E-state index contributed by atoms with van der Waals surface area (Å²) in [6, 6.07) is 1.52. The van der Waals surface area contributed by atoms with Gasteiger partial charge in [-0.1, -0.05) is 6.07 Å². The van der Waals surface area contributed by atoms with Crippen LogP contribution >= 0.6 is 0 Å². The number of likely N-dealkylation sites (N-methyl/N-ethyl adjacent to an activating group) is 2. The predicted molar refractivity (Wildman–Crippen MR) is 111 cm³/mol. The summed E-state index contributed by atoms with van der Waals surface area (Å²) < 4.78 is 28.8. The molecule has 1 saturated heterocycles. The number of rotatable bonds is 4. The number of amides is 2. The number of urea groups is 1. The Labute approximate surface area is 210 Å². The number of fused-ring (bicyclic) bond motifs is 2. The number of nitrogens with one attached hydrogen (secondary N) is 2. The van der Waals surface area contributed by atoms with Crippen LogP contribution in [-0.2, 0) is 35.9 Å². The SMILES string of the molecule is CN1CCC(N(C)S(=O)(=O)NC(=O)Nc2c3c(cc4c2CCC4)CCC3)C1.[K]. The normalized spacial score (nSPS) is 21.3. The quantitative estimate of drug-likeness (QED) is 0.704. The van der Waals surface area contributed by atoms with Crippen molar-refractivity contribution in [1.82, 2.24) is 13.9 Å². The van der Waals surface area contributed by atoms with Crippen LogP contribution in [0.5, 0.6) is 0 Å². The van der Waals surface area contributed by atoms with Crippen molar-refractivity contribution in [3.8, 4) is 0 Å². The number of hydrogen-bond acceptors (Lipinski definition) is 4. The fourth-order valence-electron chi connectivity index (χ4n) is 4.70. The molecular formula is C19H28KN4O3S. The molecule has 1 fully saturated rings. The smallest absolute Gasteiger partial charge is 0.307 e. The molecule has 1 heterocycles. The van der Waals surface area contributed by atoms with E-state index in [0.717, 1.165) is 57.2 Å². The van der Waals surface area contributed by atoms with E-state index in [1.807, 2.05) is 7.05 Å². The van der Waals surface area contributed by atoms with Gasteiger partial charge in [0.1, 0.15) is 0 Å². The molecule has 28 heavy (non-hydrogen) atoms. The summed E-state index contributed by atoms with van der Waals surface area (Å²) in [5.41, 5.74) is 5.84. The summed E-state index contributed by atoms with van der Waals surface area (Å²) in [5.74, 6) is 0. The number of likely N-dealkylation sites (tertiary alicyclic amines) is 1. The van der Waals surface area contributed by atoms with Crippen molar-refractivity contribution < 1.29 is 13.2 Å². The topological polar surface area (TPSA) is 81.8 Å². The molecule has 1 atom stereocenters. The number of benzene rings is 1. The molecule has 7 nitrogen and oxygen atoms in total. The van der Waals surface area contributed by atoms with Gasteiger partial charge in [-0.2, -0.15) is 12.7 Å². The van der Waals surface area contributed by atoms with Gasteiger partial charge >= 0.3 is 16.2 Å². The predicted octanol–water partition coefficient (Wildman–Crippen LogP) is 1.29. The second-order valence-electron chi connectivity index (χ2n) is 8.02. The molecule has 2 N–H and O–H groups in total. The second-order valence-corrected chi connectivity index (χ2v) is 9.75. The van der Waals surface area contributed by atoms with E-state index in [4.69, 9.17) is 0 Å². The molecule has 0 saturated carbocycles. The number of carbonyl (C=O) groups is 1. The first kappa shape index (κ1) is 22.7. The third kappa shape index (κ3) is 4.51. The molecule has 0 aromatic heterocycles. The number of hydrogen-bond donors (Lipinski definition) is 2. The van der Waals surface area contributed by atoms with Gasteiger partial charge in [-0.25, -0.2) is 9.52 Å². The maximum absolute atomic E-state index is 12.6. The molecule has 1 aliphatic heterocycles. The first-order chi connectivity index (χ1) is 12.8. The summed E-state index contributed by atoms with van der Waals surface area (Å²) in [6.45, 7) is 1.54. The van der Waals surface area contributed by atoms with Crippen LogP contribution in [0.15, 0.2) is 6.07 Å². The zero-order valence-corrected chi connectivity index (χ0v) is 21.0. The molecule has 9 heteroatoms. The van der Waals surface area contributed by atoms with Crippen molar-refractivity contribution in [2.45, 2.75) is 51.0 Å². The Morgan fingerprint density at radius 1 is 1.14 bits per heavy atom. The maximum Gasteiger partial charge on any atom is 0.333 e. The second kappa shape index (κ2) is 9.01. The third-order valence-corrected chi connectivity index (χ3v) is 7.69. The van der Waals surface area contributed by atoms with E-state index in [2.05, 4.69) is 21.0 Å². The van der Waals surface area contributed by atoms with E-state index in [9.17, 15) is 13.2 Å². The molecule has 2 aliphatic carbocycles. The molecular weight excluding hydrogens is 403 g/mol. The van der Waals surface area contributed by atoms with Crippen molar-refractivity contribution in [2.75, 3.05) is 32.5 Å². The molecule has 0 spiro atoms. The summed E-state index contributed by atoms with van der Waals surface area (Å²) in [6.07, 6.45) is 6.91. The van der Waals surface area contributed by atoms with Crippen molar-refractivity contribution >= 4 is 73.3 Å². The largest absolute Gasteiger partial charge is 0.333 e. The van der Waals surface area contributed by atoms with Crippen molar-refractivity contribution in [2.24, 2.45) is 0 Å². The van der Waals surface area contributed by atoms with Gasteiger partial charge in [-0.05, 0) is 80.8 Å². The first-order valence-electron chi connectivity index (χ1n) is 9.77. The van der Waals surface area contributed by atoms with Crippen LogP contribution < -0.4 is 10.0 Å². The average molecular weight is 432 g/mol. The molecule has 1 aromatic rings. The summed E-state index contributed by atoms with van der Waals surface area (Å²) in [7, 11) is -0.362. The summed E-state index contributed by atoms with van der Waals surface area (Å²) >= 11 is 0. The van der Waals surface area contributed by atoms with Gasteiger partial charge in [0.05, 0.1) is 0 Å². The van der Waals surface area contributed by atoms with Crippen LogP contribution in [0.2, 0.25) is 0 Å². The van der Waals surface area contributed by atoms with Gasteiger partial charge in [0.25, 0.3) is 0 Å². The van der Waals surface area contributed by atoms with Gasteiger partial charge in [-0.3, -0.25) is 0 Å². The fourth-order valence-corrected chi connectivity index (χ4v) is 5.69. The van der Waals surface area contributed by atoms with E-state index in [1.54, 1.807) is 0 Å². The van der Waals surface area contributed by atoms with Crippen LogP contribution in [0.1, 0.15) is 41.5 Å². The van der Waals surface area contributed by atoms with E-state index in [0.29, 0.717) is 6.54 Å². The third-order valence-electron chi connectivity index (χ3n) is 6.19. The fraction of sp³-hybridized carbons (Fsp3) is 0.632. The molecule has 1 radical (unpaired) electrons. The van der Waals surface area contributed by atoms with E-state index in [-0.39, 0.29) is 57.4 Å². The van der Waals surface area contributed by atoms with Gasteiger partial charge in [-0.15, -0.1) is 0 Å². The zero-order chi connectivity index (χ0) is 19.2. The Morgan fingerprint density at radius 3 is 2.29 bits per heavy atom. The Balaban J connectivity index is 0.00000225. The molecule has 1 unspecified atom stereocenters. The molecule has 4 rings (SSSR count). The van der Waals surface area contributed by atoms with E-state index >= 15 is 0 Å². The van der Waals surface area contributed by atoms with Crippen LogP contribution in [0.3, 0.4) is 0 Å². The summed E-state index contributed by atoms with van der Waals surface area (Å²) in [4.78, 5) is 14.7. The monoisotopic (exact) mass is 431 g/mol. The molecule has 0 bridgehead atoms. The Morgan fingerprint density at radius 2 is 1.75 bits per heavy atom. The van der Waals surface area contributed by atoms with E-state index in [1.165, 1.54) is 33.6 Å². The number of carbonyl (C=O) groups excluding carboxylic acids is 1. The minimum Gasteiger partial charge on any atom is -0.307 e. The number of anilines is 1. The van der Waals surface area contributed by atoms with Crippen molar-refractivity contribution in [1.29, 1.82) is 0 Å². The number of aryl methyl sites for hydroxylation is 2. The Hall–Kier alpha value is -0.00364. The minimum absolute atomic E-state index is 0. The zero-order valence-electron chi connectivity index (χ0n) is 17.0.